The SMILES string of the molecule is Cl.O=C(O)[C@@H]1Cc2ccsc2CN1. The van der Waals surface area contributed by atoms with E-state index in [1.54, 1.807) is 11.3 Å². The second-order valence-corrected chi connectivity index (χ2v) is 3.85. The molecule has 5 heteroatoms. The first-order valence-corrected chi connectivity index (χ1v) is 4.67. The summed E-state index contributed by atoms with van der Waals surface area (Å²) >= 11 is 1.68. The number of fused-ring (bicyclic) bond motifs is 1. The molecule has 1 aromatic rings. The molecule has 0 fully saturated rings. The fourth-order valence-corrected chi connectivity index (χ4v) is 2.25. The average molecular weight is 220 g/mol. The highest BCUT2D eigenvalue weighted by atomic mass is 35.5. The van der Waals surface area contributed by atoms with E-state index in [0.717, 1.165) is 0 Å². The van der Waals surface area contributed by atoms with E-state index in [1.807, 2.05) is 11.4 Å². The van der Waals surface area contributed by atoms with Crippen LogP contribution >= 0.6 is 23.7 Å². The highest BCUT2D eigenvalue weighted by Gasteiger charge is 2.23. The molecule has 0 radical (unpaired) electrons. The van der Waals surface area contributed by atoms with Gasteiger partial charge in [-0.15, -0.1) is 23.7 Å². The molecule has 3 nitrogen and oxygen atoms in total. The van der Waals surface area contributed by atoms with Gasteiger partial charge in [0.1, 0.15) is 6.04 Å². The predicted molar refractivity (Wildman–Crippen MR) is 53.5 cm³/mol. The van der Waals surface area contributed by atoms with Crippen molar-refractivity contribution in [2.45, 2.75) is 19.0 Å². The van der Waals surface area contributed by atoms with E-state index in [9.17, 15) is 4.79 Å². The van der Waals surface area contributed by atoms with Crippen LogP contribution in [-0.2, 0) is 17.8 Å². The molecule has 1 aliphatic heterocycles. The Bertz CT molecular complexity index is 313. The molecule has 0 aromatic carbocycles. The van der Waals surface area contributed by atoms with Crippen molar-refractivity contribution in [3.05, 3.63) is 21.9 Å². The van der Waals surface area contributed by atoms with Crippen molar-refractivity contribution in [2.75, 3.05) is 0 Å². The zero-order valence-electron chi connectivity index (χ0n) is 6.82. The maximum absolute atomic E-state index is 10.6. The van der Waals surface area contributed by atoms with E-state index in [-0.39, 0.29) is 12.4 Å². The lowest BCUT2D eigenvalue weighted by Gasteiger charge is -2.19. The molecule has 1 aliphatic rings. The summed E-state index contributed by atoms with van der Waals surface area (Å²) in [6, 6.07) is 1.61. The predicted octanol–water partition coefficient (Wildman–Crippen LogP) is 1.27. The number of carboxylic acids is 1. The zero-order valence-corrected chi connectivity index (χ0v) is 8.45. The van der Waals surface area contributed by atoms with E-state index < -0.39 is 12.0 Å². The minimum absolute atomic E-state index is 0. The van der Waals surface area contributed by atoms with Crippen LogP contribution in [0.1, 0.15) is 10.4 Å². The third kappa shape index (κ3) is 2.02. The number of rotatable bonds is 1. The van der Waals surface area contributed by atoms with Crippen LogP contribution in [0.15, 0.2) is 11.4 Å². The van der Waals surface area contributed by atoms with Crippen molar-refractivity contribution in [1.29, 1.82) is 0 Å². The third-order valence-corrected chi connectivity index (χ3v) is 3.03. The molecule has 2 heterocycles. The Morgan fingerprint density at radius 3 is 3.15 bits per heavy atom. The Morgan fingerprint density at radius 1 is 1.69 bits per heavy atom. The lowest BCUT2D eigenvalue weighted by molar-refractivity contribution is -0.139. The van der Waals surface area contributed by atoms with Crippen LogP contribution in [0.5, 0.6) is 0 Å². The monoisotopic (exact) mass is 219 g/mol. The first-order valence-electron chi connectivity index (χ1n) is 3.79. The van der Waals surface area contributed by atoms with Gasteiger partial charge >= 0.3 is 5.97 Å². The van der Waals surface area contributed by atoms with Crippen LogP contribution in [0, 0.1) is 0 Å². The van der Waals surface area contributed by atoms with Crippen LogP contribution in [0.25, 0.3) is 0 Å². The molecular weight excluding hydrogens is 210 g/mol. The summed E-state index contributed by atoms with van der Waals surface area (Å²) in [4.78, 5) is 11.9. The second kappa shape index (κ2) is 4.09. The van der Waals surface area contributed by atoms with E-state index in [1.165, 1.54) is 10.4 Å². The summed E-state index contributed by atoms with van der Waals surface area (Å²) in [5.74, 6) is -0.758. The summed E-state index contributed by atoms with van der Waals surface area (Å²) in [6.07, 6.45) is 0.619. The largest absolute Gasteiger partial charge is 0.480 e. The standard InChI is InChI=1S/C8H9NO2S.ClH/c10-8(11)6-3-5-1-2-12-7(5)4-9-6;/h1-2,6,9H,3-4H2,(H,10,11);1H/t6-;/m0./s1. The minimum atomic E-state index is -0.758. The first-order chi connectivity index (χ1) is 5.77. The Morgan fingerprint density at radius 2 is 2.46 bits per heavy atom. The normalized spacial score (nSPS) is 20.2. The molecule has 0 saturated heterocycles. The highest BCUT2D eigenvalue weighted by Crippen LogP contribution is 2.21. The Balaban J connectivity index is 0.000000845. The fourth-order valence-electron chi connectivity index (χ4n) is 1.39. The van der Waals surface area contributed by atoms with Gasteiger partial charge in [0.05, 0.1) is 0 Å². The van der Waals surface area contributed by atoms with Crippen molar-refractivity contribution >= 4 is 29.7 Å². The molecule has 72 valence electrons. The molecule has 0 unspecified atom stereocenters. The molecule has 0 bridgehead atoms. The van der Waals surface area contributed by atoms with Crippen molar-refractivity contribution in [3.8, 4) is 0 Å². The third-order valence-electron chi connectivity index (χ3n) is 2.07. The van der Waals surface area contributed by atoms with E-state index in [4.69, 9.17) is 5.11 Å². The summed E-state index contributed by atoms with van der Waals surface area (Å²) in [5, 5.41) is 13.7. The Labute approximate surface area is 86.2 Å². The van der Waals surface area contributed by atoms with Crippen molar-refractivity contribution in [2.24, 2.45) is 0 Å². The molecule has 13 heavy (non-hydrogen) atoms. The number of halogens is 1. The van der Waals surface area contributed by atoms with Crippen molar-refractivity contribution in [3.63, 3.8) is 0 Å². The number of hydrogen-bond acceptors (Lipinski definition) is 3. The number of carbonyl (C=O) groups is 1. The molecular formula is C8H10ClNO2S. The molecule has 0 saturated carbocycles. The molecule has 2 rings (SSSR count). The number of aliphatic carboxylic acids is 1. The molecule has 2 N–H and O–H groups in total. The summed E-state index contributed by atoms with van der Waals surface area (Å²) in [5.41, 5.74) is 1.19. The number of carboxylic acid groups (broad SMARTS) is 1. The zero-order chi connectivity index (χ0) is 8.55. The lowest BCUT2D eigenvalue weighted by Crippen LogP contribution is -2.40. The van der Waals surface area contributed by atoms with Crippen molar-refractivity contribution in [1.82, 2.24) is 5.32 Å². The lowest BCUT2D eigenvalue weighted by atomic mass is 10.0. The molecule has 0 spiro atoms. The summed E-state index contributed by atoms with van der Waals surface area (Å²) in [7, 11) is 0. The Hall–Kier alpha value is -0.580. The van der Waals surface area contributed by atoms with Crippen LogP contribution in [0.2, 0.25) is 0 Å². The second-order valence-electron chi connectivity index (χ2n) is 2.84. The summed E-state index contributed by atoms with van der Waals surface area (Å²) in [6.45, 7) is 0.698. The quantitative estimate of drug-likeness (QED) is 0.748. The molecule has 1 atom stereocenters. The van der Waals surface area contributed by atoms with Gasteiger partial charge in [0.15, 0.2) is 0 Å². The van der Waals surface area contributed by atoms with Crippen molar-refractivity contribution < 1.29 is 9.90 Å². The first kappa shape index (κ1) is 10.5. The highest BCUT2D eigenvalue weighted by molar-refractivity contribution is 7.10. The maximum Gasteiger partial charge on any atom is 0.321 e. The maximum atomic E-state index is 10.6. The van der Waals surface area contributed by atoms with Gasteiger partial charge in [0.25, 0.3) is 0 Å². The number of hydrogen-bond donors (Lipinski definition) is 2. The topological polar surface area (TPSA) is 49.3 Å². The van der Waals surface area contributed by atoms with Gasteiger partial charge in [0, 0.05) is 11.4 Å². The van der Waals surface area contributed by atoms with Crippen LogP contribution in [0.4, 0.5) is 0 Å². The van der Waals surface area contributed by atoms with Gasteiger partial charge in [-0.3, -0.25) is 10.1 Å². The average Bonchev–Trinajstić information content (AvgIpc) is 2.49. The summed E-state index contributed by atoms with van der Waals surface area (Å²) < 4.78 is 0. The molecule has 0 aliphatic carbocycles. The van der Waals surface area contributed by atoms with Gasteiger partial charge in [-0.1, -0.05) is 0 Å². The Kier molecular flexibility index (Phi) is 3.30. The van der Waals surface area contributed by atoms with Crippen LogP contribution in [0.3, 0.4) is 0 Å². The fraction of sp³-hybridized carbons (Fsp3) is 0.375. The van der Waals surface area contributed by atoms with Gasteiger partial charge in [-0.05, 0) is 23.4 Å². The number of nitrogens with one attached hydrogen (secondary N) is 1. The smallest absolute Gasteiger partial charge is 0.321 e. The van der Waals surface area contributed by atoms with Gasteiger partial charge in [-0.25, -0.2) is 0 Å². The van der Waals surface area contributed by atoms with Crippen LogP contribution in [-0.4, -0.2) is 17.1 Å². The molecule has 0 amide bonds. The van der Waals surface area contributed by atoms with Crippen LogP contribution < -0.4 is 5.32 Å². The van der Waals surface area contributed by atoms with E-state index in [2.05, 4.69) is 5.32 Å². The van der Waals surface area contributed by atoms with E-state index in [0.29, 0.717) is 13.0 Å². The van der Waals surface area contributed by atoms with Gasteiger partial charge in [-0.2, -0.15) is 0 Å². The molecule has 1 aromatic heterocycles. The van der Waals surface area contributed by atoms with E-state index >= 15 is 0 Å². The number of thiophene rings is 1. The van der Waals surface area contributed by atoms with Gasteiger partial charge < -0.3 is 5.11 Å². The minimum Gasteiger partial charge on any atom is -0.480 e. The van der Waals surface area contributed by atoms with Gasteiger partial charge in [0.2, 0.25) is 0 Å².